The Hall–Kier alpha value is -3.52. The molecule has 0 atom stereocenters. The molecule has 1 amide bonds. The van der Waals surface area contributed by atoms with Crippen molar-refractivity contribution in [3.8, 4) is 10.6 Å². The predicted octanol–water partition coefficient (Wildman–Crippen LogP) is 4.08. The van der Waals surface area contributed by atoms with Crippen molar-refractivity contribution < 1.29 is 9.32 Å². The minimum atomic E-state index is -0.196. The fraction of sp³-hybridized carbons (Fsp3) is 0.143. The van der Waals surface area contributed by atoms with E-state index in [1.807, 2.05) is 61.8 Å². The Morgan fingerprint density at radius 3 is 2.93 bits per heavy atom. The van der Waals surface area contributed by atoms with Crippen LogP contribution < -0.4 is 5.32 Å². The van der Waals surface area contributed by atoms with Gasteiger partial charge in [0.1, 0.15) is 5.69 Å². The highest BCUT2D eigenvalue weighted by Crippen LogP contribution is 2.29. The van der Waals surface area contributed by atoms with Crippen LogP contribution in [0.1, 0.15) is 21.7 Å². The minimum absolute atomic E-state index is 0.196. The molecule has 0 aliphatic rings. The maximum atomic E-state index is 13.1. The topological polar surface area (TPSA) is 85.8 Å². The zero-order valence-corrected chi connectivity index (χ0v) is 16.7. The van der Waals surface area contributed by atoms with Crippen LogP contribution in [0.3, 0.4) is 0 Å². The molecular weight excluding hydrogens is 386 g/mol. The molecule has 0 aliphatic heterocycles. The summed E-state index contributed by atoms with van der Waals surface area (Å²) in [5, 5.41) is 15.2. The zero-order valence-electron chi connectivity index (χ0n) is 15.8. The lowest BCUT2D eigenvalue weighted by Crippen LogP contribution is -2.23. The maximum Gasteiger partial charge on any atom is 0.252 e. The number of fused-ring (bicyclic) bond motifs is 2. The molecule has 4 heterocycles. The summed E-state index contributed by atoms with van der Waals surface area (Å²) in [7, 11) is 1.84. The average Bonchev–Trinajstić information content (AvgIpc) is 3.46. The predicted molar refractivity (Wildman–Crippen MR) is 112 cm³/mol. The maximum absolute atomic E-state index is 13.1. The third-order valence-electron chi connectivity index (χ3n) is 4.86. The molecule has 1 N–H and O–H groups in total. The smallest absolute Gasteiger partial charge is 0.252 e. The Morgan fingerprint density at radius 2 is 2.10 bits per heavy atom. The molecule has 0 aliphatic carbocycles. The second kappa shape index (κ2) is 6.82. The Labute approximate surface area is 170 Å². The second-order valence-corrected chi connectivity index (χ2v) is 7.70. The molecule has 4 aromatic heterocycles. The van der Waals surface area contributed by atoms with Crippen LogP contribution >= 0.6 is 11.3 Å². The van der Waals surface area contributed by atoms with Crippen LogP contribution in [-0.4, -0.2) is 25.8 Å². The number of aryl methyl sites for hydroxylation is 2. The number of rotatable bonds is 4. The Bertz CT molecular complexity index is 1350. The van der Waals surface area contributed by atoms with Gasteiger partial charge in [-0.15, -0.1) is 11.3 Å². The van der Waals surface area contributed by atoms with Gasteiger partial charge in [0.05, 0.1) is 33.8 Å². The van der Waals surface area contributed by atoms with E-state index in [2.05, 4.69) is 15.6 Å². The molecule has 5 aromatic rings. The lowest BCUT2D eigenvalue weighted by Gasteiger charge is -2.08. The lowest BCUT2D eigenvalue weighted by atomic mass is 10.1. The van der Waals surface area contributed by atoms with Gasteiger partial charge in [-0.05, 0) is 36.6 Å². The first-order chi connectivity index (χ1) is 14.1. The standard InChI is InChI=1S/C21H17N5O2S/c1-12-19-14(10-15(18-8-5-9-29-18)23-20(19)26(2)24-12)21(27)22-11-16-13-6-3-4-7-17(13)28-25-16/h3-10H,11H2,1-2H3,(H,22,27). The van der Waals surface area contributed by atoms with Crippen molar-refractivity contribution >= 4 is 39.2 Å². The first-order valence-corrected chi connectivity index (χ1v) is 9.99. The van der Waals surface area contributed by atoms with Gasteiger partial charge in [0.2, 0.25) is 0 Å². The molecule has 0 unspecified atom stereocenters. The molecule has 29 heavy (non-hydrogen) atoms. The summed E-state index contributed by atoms with van der Waals surface area (Å²) in [4.78, 5) is 18.9. The first-order valence-electron chi connectivity index (χ1n) is 9.11. The Kier molecular flexibility index (Phi) is 4.13. The molecule has 0 saturated heterocycles. The van der Waals surface area contributed by atoms with E-state index in [4.69, 9.17) is 9.51 Å². The van der Waals surface area contributed by atoms with E-state index < -0.39 is 0 Å². The number of thiophene rings is 1. The average molecular weight is 403 g/mol. The summed E-state index contributed by atoms with van der Waals surface area (Å²) in [6.45, 7) is 2.16. The molecule has 0 fully saturated rings. The van der Waals surface area contributed by atoms with Crippen molar-refractivity contribution in [1.29, 1.82) is 0 Å². The summed E-state index contributed by atoms with van der Waals surface area (Å²) in [5.41, 5.74) is 4.16. The van der Waals surface area contributed by atoms with E-state index in [1.165, 1.54) is 0 Å². The monoisotopic (exact) mass is 403 g/mol. The van der Waals surface area contributed by atoms with Crippen LogP contribution in [0, 0.1) is 6.92 Å². The first kappa shape index (κ1) is 17.6. The van der Waals surface area contributed by atoms with E-state index in [-0.39, 0.29) is 12.5 Å². The molecule has 144 valence electrons. The number of nitrogens with zero attached hydrogens (tertiary/aromatic N) is 4. The third kappa shape index (κ3) is 2.98. The largest absolute Gasteiger partial charge is 0.356 e. The van der Waals surface area contributed by atoms with Gasteiger partial charge < -0.3 is 9.84 Å². The van der Waals surface area contributed by atoms with Gasteiger partial charge in [-0.2, -0.15) is 5.10 Å². The normalized spacial score (nSPS) is 11.4. The minimum Gasteiger partial charge on any atom is -0.356 e. The lowest BCUT2D eigenvalue weighted by molar-refractivity contribution is 0.0952. The number of carbonyl (C=O) groups is 1. The Balaban J connectivity index is 1.53. The van der Waals surface area contributed by atoms with Gasteiger partial charge in [-0.3, -0.25) is 9.48 Å². The van der Waals surface area contributed by atoms with Crippen LogP contribution in [-0.2, 0) is 13.6 Å². The molecular formula is C21H17N5O2S. The third-order valence-corrected chi connectivity index (χ3v) is 5.75. The van der Waals surface area contributed by atoms with E-state index >= 15 is 0 Å². The van der Waals surface area contributed by atoms with E-state index in [1.54, 1.807) is 16.0 Å². The number of aromatic nitrogens is 4. The number of pyridine rings is 1. The molecule has 0 spiro atoms. The number of amides is 1. The van der Waals surface area contributed by atoms with Crippen molar-refractivity contribution in [3.63, 3.8) is 0 Å². The fourth-order valence-electron chi connectivity index (χ4n) is 3.50. The SMILES string of the molecule is Cc1nn(C)c2nc(-c3cccs3)cc(C(=O)NCc3noc4ccccc34)c12. The van der Waals surface area contributed by atoms with Gasteiger partial charge in [-0.25, -0.2) is 4.98 Å². The summed E-state index contributed by atoms with van der Waals surface area (Å²) in [5.74, 6) is -0.196. The van der Waals surface area contributed by atoms with Crippen molar-refractivity contribution in [2.24, 2.45) is 7.05 Å². The summed E-state index contributed by atoms with van der Waals surface area (Å²) in [6, 6.07) is 13.4. The summed E-state index contributed by atoms with van der Waals surface area (Å²) < 4.78 is 7.04. The highest BCUT2D eigenvalue weighted by atomic mass is 32.1. The van der Waals surface area contributed by atoms with Gasteiger partial charge >= 0.3 is 0 Å². The number of carbonyl (C=O) groups excluding carboxylic acids is 1. The van der Waals surface area contributed by atoms with Crippen molar-refractivity contribution in [2.45, 2.75) is 13.5 Å². The van der Waals surface area contributed by atoms with Crippen molar-refractivity contribution in [1.82, 2.24) is 25.2 Å². The highest BCUT2D eigenvalue weighted by molar-refractivity contribution is 7.13. The number of para-hydroxylation sites is 1. The molecule has 0 bridgehead atoms. The van der Waals surface area contributed by atoms with Crippen LogP contribution in [0.4, 0.5) is 0 Å². The molecule has 8 heteroatoms. The van der Waals surface area contributed by atoms with Crippen molar-refractivity contribution in [2.75, 3.05) is 0 Å². The number of nitrogens with one attached hydrogen (secondary N) is 1. The van der Waals surface area contributed by atoms with Crippen molar-refractivity contribution in [3.05, 3.63) is 64.8 Å². The quantitative estimate of drug-likeness (QED) is 0.489. The van der Waals surface area contributed by atoms with Crippen LogP contribution in [0.2, 0.25) is 0 Å². The Morgan fingerprint density at radius 1 is 1.24 bits per heavy atom. The molecule has 0 radical (unpaired) electrons. The second-order valence-electron chi connectivity index (χ2n) is 6.75. The number of hydrogen-bond acceptors (Lipinski definition) is 6. The van der Waals surface area contributed by atoms with E-state index in [9.17, 15) is 4.79 Å². The van der Waals surface area contributed by atoms with Crippen LogP contribution in [0.5, 0.6) is 0 Å². The summed E-state index contributed by atoms with van der Waals surface area (Å²) >= 11 is 1.58. The highest BCUT2D eigenvalue weighted by Gasteiger charge is 2.20. The molecule has 1 aromatic carbocycles. The molecule has 5 rings (SSSR count). The zero-order chi connectivity index (χ0) is 20.0. The van der Waals surface area contributed by atoms with E-state index in [0.29, 0.717) is 22.5 Å². The van der Waals surface area contributed by atoms with Crippen LogP contribution in [0.15, 0.2) is 52.4 Å². The van der Waals surface area contributed by atoms with E-state index in [0.717, 1.165) is 27.0 Å². The number of benzene rings is 1. The number of hydrogen-bond donors (Lipinski definition) is 1. The van der Waals surface area contributed by atoms with Gasteiger partial charge in [0, 0.05) is 12.4 Å². The van der Waals surface area contributed by atoms with Crippen LogP contribution in [0.25, 0.3) is 32.6 Å². The van der Waals surface area contributed by atoms with Gasteiger partial charge in [0.15, 0.2) is 11.2 Å². The van der Waals surface area contributed by atoms with Gasteiger partial charge in [-0.1, -0.05) is 23.4 Å². The molecule has 0 saturated carbocycles. The fourth-order valence-corrected chi connectivity index (χ4v) is 4.19. The molecule has 7 nitrogen and oxygen atoms in total. The summed E-state index contributed by atoms with van der Waals surface area (Å²) in [6.07, 6.45) is 0. The van der Waals surface area contributed by atoms with Gasteiger partial charge in [0.25, 0.3) is 5.91 Å².